The molecule has 0 atom stereocenters. The fraction of sp³-hybridized carbons (Fsp3) is 0.417. The van der Waals surface area contributed by atoms with Crippen molar-refractivity contribution in [3.8, 4) is 0 Å². The standard InChI is InChI=1S/C12H18N2O.ClH/c1-9(2)12(15)14-11-6-4-5-10(7-11)8-13-3;/h4-7,9,13H,8H2,1-3H3,(H,14,15);1H. The van der Waals surface area contributed by atoms with E-state index in [1.807, 2.05) is 45.2 Å². The van der Waals surface area contributed by atoms with E-state index in [-0.39, 0.29) is 24.2 Å². The average Bonchev–Trinajstić information content (AvgIpc) is 2.18. The lowest BCUT2D eigenvalue weighted by Gasteiger charge is -2.09. The van der Waals surface area contributed by atoms with E-state index in [1.54, 1.807) is 0 Å². The van der Waals surface area contributed by atoms with E-state index in [0.29, 0.717) is 0 Å². The van der Waals surface area contributed by atoms with Gasteiger partial charge in [-0.15, -0.1) is 12.4 Å². The first kappa shape index (κ1) is 14.9. The maximum Gasteiger partial charge on any atom is 0.226 e. The summed E-state index contributed by atoms with van der Waals surface area (Å²) in [5.74, 6) is 0.0644. The van der Waals surface area contributed by atoms with Gasteiger partial charge in [0.15, 0.2) is 0 Å². The number of halogens is 1. The summed E-state index contributed by atoms with van der Waals surface area (Å²) in [5, 5.41) is 5.95. The van der Waals surface area contributed by atoms with Gasteiger partial charge in [0.05, 0.1) is 0 Å². The summed E-state index contributed by atoms with van der Waals surface area (Å²) in [6.45, 7) is 4.57. The lowest BCUT2D eigenvalue weighted by Crippen LogP contribution is -2.17. The second-order valence-electron chi connectivity index (χ2n) is 3.87. The largest absolute Gasteiger partial charge is 0.326 e. The normalized spacial score (nSPS) is 9.75. The molecule has 0 spiro atoms. The van der Waals surface area contributed by atoms with Crippen LogP contribution in [0, 0.1) is 5.92 Å². The van der Waals surface area contributed by atoms with Gasteiger partial charge in [-0.2, -0.15) is 0 Å². The Kier molecular flexibility index (Phi) is 6.77. The van der Waals surface area contributed by atoms with E-state index in [2.05, 4.69) is 10.6 Å². The molecule has 1 aromatic rings. The minimum atomic E-state index is 0. The Morgan fingerprint density at radius 2 is 2.06 bits per heavy atom. The number of nitrogens with one attached hydrogen (secondary N) is 2. The first-order valence-corrected chi connectivity index (χ1v) is 5.18. The third-order valence-corrected chi connectivity index (χ3v) is 2.10. The van der Waals surface area contributed by atoms with Crippen LogP contribution in [0.15, 0.2) is 24.3 Å². The van der Waals surface area contributed by atoms with Gasteiger partial charge in [0.1, 0.15) is 0 Å². The molecule has 4 heteroatoms. The Morgan fingerprint density at radius 1 is 1.38 bits per heavy atom. The monoisotopic (exact) mass is 242 g/mol. The summed E-state index contributed by atoms with van der Waals surface area (Å²) in [6, 6.07) is 7.86. The lowest BCUT2D eigenvalue weighted by atomic mass is 10.1. The molecule has 0 fully saturated rings. The van der Waals surface area contributed by atoms with Crippen molar-refractivity contribution in [1.82, 2.24) is 5.32 Å². The number of amides is 1. The molecule has 0 bridgehead atoms. The first-order chi connectivity index (χ1) is 7.13. The number of benzene rings is 1. The fourth-order valence-corrected chi connectivity index (χ4v) is 1.25. The molecule has 0 aliphatic carbocycles. The van der Waals surface area contributed by atoms with Gasteiger partial charge in [0.2, 0.25) is 5.91 Å². The van der Waals surface area contributed by atoms with Crippen LogP contribution in [0.2, 0.25) is 0 Å². The molecule has 0 aromatic heterocycles. The van der Waals surface area contributed by atoms with Gasteiger partial charge in [-0.25, -0.2) is 0 Å². The van der Waals surface area contributed by atoms with Crippen molar-refractivity contribution < 1.29 is 4.79 Å². The third kappa shape index (κ3) is 4.64. The molecule has 3 nitrogen and oxygen atoms in total. The van der Waals surface area contributed by atoms with Gasteiger partial charge in [-0.1, -0.05) is 26.0 Å². The van der Waals surface area contributed by atoms with Gasteiger partial charge in [0, 0.05) is 18.2 Å². The van der Waals surface area contributed by atoms with Gasteiger partial charge in [-0.3, -0.25) is 4.79 Å². The van der Waals surface area contributed by atoms with E-state index in [4.69, 9.17) is 0 Å². The average molecular weight is 243 g/mol. The molecule has 0 aliphatic heterocycles. The van der Waals surface area contributed by atoms with Crippen molar-refractivity contribution in [2.24, 2.45) is 5.92 Å². The predicted octanol–water partition coefficient (Wildman–Crippen LogP) is 2.42. The summed E-state index contributed by atoms with van der Waals surface area (Å²) in [7, 11) is 1.90. The Balaban J connectivity index is 0.00000225. The highest BCUT2D eigenvalue weighted by atomic mass is 35.5. The van der Waals surface area contributed by atoms with Gasteiger partial charge < -0.3 is 10.6 Å². The SMILES string of the molecule is CNCc1cccc(NC(=O)C(C)C)c1.Cl. The van der Waals surface area contributed by atoms with E-state index in [1.165, 1.54) is 5.56 Å². The molecule has 0 saturated carbocycles. The van der Waals surface area contributed by atoms with Crippen molar-refractivity contribution >= 4 is 24.0 Å². The minimum absolute atomic E-state index is 0. The van der Waals surface area contributed by atoms with Crippen LogP contribution in [0.3, 0.4) is 0 Å². The quantitative estimate of drug-likeness (QED) is 0.852. The highest BCUT2D eigenvalue weighted by molar-refractivity contribution is 5.92. The third-order valence-electron chi connectivity index (χ3n) is 2.10. The number of carbonyl (C=O) groups excluding carboxylic acids is 1. The summed E-state index contributed by atoms with van der Waals surface area (Å²) < 4.78 is 0. The van der Waals surface area contributed by atoms with Crippen molar-refractivity contribution in [2.45, 2.75) is 20.4 Å². The minimum Gasteiger partial charge on any atom is -0.326 e. The molecule has 0 saturated heterocycles. The Morgan fingerprint density at radius 3 is 2.62 bits per heavy atom. The van der Waals surface area contributed by atoms with E-state index >= 15 is 0 Å². The molecule has 16 heavy (non-hydrogen) atoms. The number of carbonyl (C=O) groups is 1. The van der Waals surface area contributed by atoms with Crippen LogP contribution in [0.1, 0.15) is 19.4 Å². The van der Waals surface area contributed by atoms with Crippen LogP contribution in [0.5, 0.6) is 0 Å². The fourth-order valence-electron chi connectivity index (χ4n) is 1.25. The van der Waals surface area contributed by atoms with Crippen LogP contribution in [0.4, 0.5) is 5.69 Å². The first-order valence-electron chi connectivity index (χ1n) is 5.18. The van der Waals surface area contributed by atoms with E-state index in [0.717, 1.165) is 12.2 Å². The second kappa shape index (κ2) is 7.25. The topological polar surface area (TPSA) is 41.1 Å². The number of hydrogen-bond donors (Lipinski definition) is 2. The zero-order valence-corrected chi connectivity index (χ0v) is 10.7. The zero-order valence-electron chi connectivity index (χ0n) is 9.91. The molecule has 1 amide bonds. The highest BCUT2D eigenvalue weighted by Crippen LogP contribution is 2.11. The molecule has 2 N–H and O–H groups in total. The maximum absolute atomic E-state index is 11.5. The van der Waals surface area contributed by atoms with Gasteiger partial charge >= 0.3 is 0 Å². The van der Waals surface area contributed by atoms with Crippen molar-refractivity contribution in [2.75, 3.05) is 12.4 Å². The van der Waals surface area contributed by atoms with Crippen LogP contribution in [0.25, 0.3) is 0 Å². The molecular formula is C12H19ClN2O. The van der Waals surface area contributed by atoms with Crippen molar-refractivity contribution in [3.63, 3.8) is 0 Å². The second-order valence-corrected chi connectivity index (χ2v) is 3.87. The Bertz CT molecular complexity index is 340. The Hall–Kier alpha value is -1.06. The maximum atomic E-state index is 11.5. The van der Waals surface area contributed by atoms with Gasteiger partial charge in [-0.05, 0) is 24.7 Å². The van der Waals surface area contributed by atoms with E-state index in [9.17, 15) is 4.79 Å². The van der Waals surface area contributed by atoms with Crippen LogP contribution < -0.4 is 10.6 Å². The number of anilines is 1. The van der Waals surface area contributed by atoms with Crippen molar-refractivity contribution in [1.29, 1.82) is 0 Å². The summed E-state index contributed by atoms with van der Waals surface area (Å²) in [5.41, 5.74) is 2.03. The number of rotatable bonds is 4. The van der Waals surface area contributed by atoms with E-state index < -0.39 is 0 Å². The molecule has 0 heterocycles. The predicted molar refractivity (Wildman–Crippen MR) is 69.9 cm³/mol. The Labute approximate surface area is 103 Å². The lowest BCUT2D eigenvalue weighted by molar-refractivity contribution is -0.118. The molecule has 1 rings (SSSR count). The summed E-state index contributed by atoms with van der Waals surface area (Å²) >= 11 is 0. The molecule has 90 valence electrons. The molecule has 0 aliphatic rings. The van der Waals surface area contributed by atoms with Crippen LogP contribution >= 0.6 is 12.4 Å². The zero-order chi connectivity index (χ0) is 11.3. The van der Waals surface area contributed by atoms with Crippen LogP contribution in [-0.4, -0.2) is 13.0 Å². The molecule has 0 unspecified atom stereocenters. The molecule has 1 aromatic carbocycles. The molecular weight excluding hydrogens is 224 g/mol. The summed E-state index contributed by atoms with van der Waals surface area (Å²) in [4.78, 5) is 11.5. The summed E-state index contributed by atoms with van der Waals surface area (Å²) in [6.07, 6.45) is 0. The van der Waals surface area contributed by atoms with Crippen molar-refractivity contribution in [3.05, 3.63) is 29.8 Å². The smallest absolute Gasteiger partial charge is 0.226 e. The van der Waals surface area contributed by atoms with Gasteiger partial charge in [0.25, 0.3) is 0 Å². The number of hydrogen-bond acceptors (Lipinski definition) is 2. The highest BCUT2D eigenvalue weighted by Gasteiger charge is 2.06. The van der Waals surface area contributed by atoms with Crippen LogP contribution in [-0.2, 0) is 11.3 Å². The molecule has 0 radical (unpaired) electrons.